The minimum absolute atomic E-state index is 0.0168. The molecule has 0 atom stereocenters. The average molecular weight is 387 g/mol. The zero-order valence-corrected chi connectivity index (χ0v) is 14.5. The van der Waals surface area contributed by atoms with Gasteiger partial charge in [0.25, 0.3) is 0 Å². The van der Waals surface area contributed by atoms with Gasteiger partial charge in [-0.3, -0.25) is 4.79 Å². The van der Waals surface area contributed by atoms with Crippen LogP contribution in [0.3, 0.4) is 0 Å². The normalized spacial score (nSPS) is 10.7. The van der Waals surface area contributed by atoms with Crippen LogP contribution in [0, 0.1) is 5.82 Å². The van der Waals surface area contributed by atoms with E-state index in [9.17, 15) is 18.8 Å². The second-order valence-electron chi connectivity index (χ2n) is 5.65. The molecular formula is C19H14FNO7. The number of ether oxygens (including phenoxy) is 2. The maximum atomic E-state index is 13.3. The molecule has 3 aromatic rings. The van der Waals surface area contributed by atoms with Crippen LogP contribution in [0.15, 0.2) is 40.8 Å². The van der Waals surface area contributed by atoms with Crippen molar-refractivity contribution in [3.8, 4) is 17.1 Å². The Morgan fingerprint density at radius 2 is 1.86 bits per heavy atom. The number of amides is 1. The van der Waals surface area contributed by atoms with E-state index >= 15 is 0 Å². The van der Waals surface area contributed by atoms with Crippen LogP contribution in [0.5, 0.6) is 5.75 Å². The number of rotatable bonds is 5. The van der Waals surface area contributed by atoms with E-state index in [4.69, 9.17) is 20.0 Å². The van der Waals surface area contributed by atoms with Crippen molar-refractivity contribution in [3.63, 3.8) is 0 Å². The number of hydrogen-bond acceptors (Lipinski definition) is 7. The van der Waals surface area contributed by atoms with Gasteiger partial charge in [-0.25, -0.2) is 14.0 Å². The van der Waals surface area contributed by atoms with Gasteiger partial charge in [0, 0.05) is 10.9 Å². The standard InChI is InChI=1S/C19H14FNO7/c1-26-14-7-12-15(6-11(14)13(23)8-22)27-17(9-2-4-10(20)5-3-9)16(12)18(24)28-19(21)25/h2-7,22H,8H2,1H3,(H2,21,25). The lowest BCUT2D eigenvalue weighted by Crippen LogP contribution is -2.18. The molecule has 0 spiro atoms. The quantitative estimate of drug-likeness (QED) is 0.391. The van der Waals surface area contributed by atoms with Crippen molar-refractivity contribution < 1.29 is 37.8 Å². The number of aliphatic hydroxyl groups excluding tert-OH is 1. The first-order valence-corrected chi connectivity index (χ1v) is 7.91. The van der Waals surface area contributed by atoms with Gasteiger partial charge < -0.3 is 24.7 Å². The van der Waals surface area contributed by atoms with Crippen LogP contribution in [0.2, 0.25) is 0 Å². The monoisotopic (exact) mass is 387 g/mol. The molecule has 0 unspecified atom stereocenters. The van der Waals surface area contributed by atoms with Crippen LogP contribution in [0.25, 0.3) is 22.3 Å². The Balaban J connectivity index is 2.31. The van der Waals surface area contributed by atoms with Gasteiger partial charge in [0.15, 0.2) is 5.78 Å². The van der Waals surface area contributed by atoms with Crippen molar-refractivity contribution in [1.29, 1.82) is 0 Å². The molecule has 0 radical (unpaired) electrons. The molecule has 1 aromatic heterocycles. The molecule has 28 heavy (non-hydrogen) atoms. The summed E-state index contributed by atoms with van der Waals surface area (Å²) in [6, 6.07) is 7.68. The Kier molecular flexibility index (Phi) is 5.10. The summed E-state index contributed by atoms with van der Waals surface area (Å²) in [6.07, 6.45) is -1.32. The second kappa shape index (κ2) is 7.49. The van der Waals surface area contributed by atoms with Crippen LogP contribution in [0.4, 0.5) is 9.18 Å². The molecule has 0 saturated heterocycles. The number of nitrogens with two attached hydrogens (primary N) is 1. The third-order valence-corrected chi connectivity index (χ3v) is 3.96. The van der Waals surface area contributed by atoms with Crippen molar-refractivity contribution in [2.75, 3.05) is 13.7 Å². The Labute approximate surface area is 157 Å². The van der Waals surface area contributed by atoms with Gasteiger partial charge in [-0.2, -0.15) is 0 Å². The van der Waals surface area contributed by atoms with Crippen molar-refractivity contribution in [1.82, 2.24) is 0 Å². The number of Topliss-reactive ketones (excluding diaryl/α,β-unsaturated/α-hetero) is 1. The number of primary amides is 1. The summed E-state index contributed by atoms with van der Waals surface area (Å²) in [4.78, 5) is 35.5. The van der Waals surface area contributed by atoms with E-state index in [-0.39, 0.29) is 33.6 Å². The Hall–Kier alpha value is -3.72. The average Bonchev–Trinajstić information content (AvgIpc) is 3.04. The molecule has 144 valence electrons. The number of halogens is 1. The zero-order valence-electron chi connectivity index (χ0n) is 14.5. The number of fused-ring (bicyclic) bond motifs is 1. The number of ketones is 1. The number of esters is 1. The van der Waals surface area contributed by atoms with E-state index in [0.29, 0.717) is 5.56 Å². The fourth-order valence-electron chi connectivity index (χ4n) is 2.74. The largest absolute Gasteiger partial charge is 0.496 e. The molecule has 3 rings (SSSR count). The Morgan fingerprint density at radius 1 is 1.18 bits per heavy atom. The van der Waals surface area contributed by atoms with Gasteiger partial charge in [-0.05, 0) is 36.4 Å². The SMILES string of the molecule is COc1cc2c(C(=O)OC(N)=O)c(-c3ccc(F)cc3)oc2cc1C(=O)CO. The summed E-state index contributed by atoms with van der Waals surface area (Å²) in [7, 11) is 1.30. The number of aliphatic hydroxyl groups is 1. The molecule has 8 nitrogen and oxygen atoms in total. The Morgan fingerprint density at radius 3 is 2.43 bits per heavy atom. The van der Waals surface area contributed by atoms with Crippen molar-refractivity contribution in [2.45, 2.75) is 0 Å². The van der Waals surface area contributed by atoms with E-state index in [1.807, 2.05) is 0 Å². The van der Waals surface area contributed by atoms with E-state index in [0.717, 1.165) is 12.1 Å². The molecule has 3 N–H and O–H groups in total. The number of carbonyl (C=O) groups is 3. The highest BCUT2D eigenvalue weighted by molar-refractivity contribution is 6.13. The fraction of sp³-hybridized carbons (Fsp3) is 0.105. The topological polar surface area (TPSA) is 129 Å². The Bertz CT molecular complexity index is 1090. The number of methoxy groups -OCH3 is 1. The van der Waals surface area contributed by atoms with Crippen LogP contribution >= 0.6 is 0 Å². The van der Waals surface area contributed by atoms with E-state index in [1.165, 1.54) is 31.4 Å². The van der Waals surface area contributed by atoms with E-state index in [2.05, 4.69) is 4.74 Å². The van der Waals surface area contributed by atoms with Crippen LogP contribution < -0.4 is 10.5 Å². The van der Waals surface area contributed by atoms with Crippen LogP contribution in [0.1, 0.15) is 20.7 Å². The van der Waals surface area contributed by atoms with Crippen molar-refractivity contribution in [2.24, 2.45) is 5.73 Å². The third-order valence-electron chi connectivity index (χ3n) is 3.96. The molecule has 9 heteroatoms. The highest BCUT2D eigenvalue weighted by Crippen LogP contribution is 2.37. The number of carbonyl (C=O) groups excluding carboxylic acids is 3. The molecule has 2 aromatic carbocycles. The summed E-state index contributed by atoms with van der Waals surface area (Å²) in [5, 5.41) is 9.31. The number of furan rings is 1. The summed E-state index contributed by atoms with van der Waals surface area (Å²) in [5.41, 5.74) is 5.23. The van der Waals surface area contributed by atoms with Crippen molar-refractivity contribution in [3.05, 3.63) is 53.3 Å². The van der Waals surface area contributed by atoms with Crippen LogP contribution in [-0.2, 0) is 4.74 Å². The molecule has 1 heterocycles. The van der Waals surface area contributed by atoms with E-state index in [1.54, 1.807) is 0 Å². The minimum atomic E-state index is -1.32. The number of benzene rings is 2. The minimum Gasteiger partial charge on any atom is -0.496 e. The first-order valence-electron chi connectivity index (χ1n) is 7.91. The predicted octanol–water partition coefficient (Wildman–Crippen LogP) is 2.66. The lowest BCUT2D eigenvalue weighted by Gasteiger charge is -2.06. The fourth-order valence-corrected chi connectivity index (χ4v) is 2.74. The molecule has 0 aliphatic heterocycles. The van der Waals surface area contributed by atoms with Gasteiger partial charge >= 0.3 is 12.1 Å². The highest BCUT2D eigenvalue weighted by Gasteiger charge is 2.27. The molecular weight excluding hydrogens is 373 g/mol. The summed E-state index contributed by atoms with van der Waals surface area (Å²) in [5.74, 6) is -2.16. The van der Waals surface area contributed by atoms with Gasteiger partial charge in [-0.15, -0.1) is 0 Å². The van der Waals surface area contributed by atoms with Gasteiger partial charge in [0.1, 0.15) is 35.1 Å². The molecule has 0 fully saturated rings. The summed E-state index contributed by atoms with van der Waals surface area (Å²) in [6.45, 7) is -0.760. The summed E-state index contributed by atoms with van der Waals surface area (Å²) >= 11 is 0. The van der Waals surface area contributed by atoms with Crippen molar-refractivity contribution >= 4 is 28.8 Å². The molecule has 1 amide bonds. The maximum Gasteiger partial charge on any atom is 0.412 e. The first kappa shape index (κ1) is 19.1. The third kappa shape index (κ3) is 3.42. The molecule has 0 aliphatic carbocycles. The predicted molar refractivity (Wildman–Crippen MR) is 94.6 cm³/mol. The molecule has 0 bridgehead atoms. The van der Waals surface area contributed by atoms with Gasteiger partial charge in [0.05, 0.1) is 12.7 Å². The summed E-state index contributed by atoms with van der Waals surface area (Å²) < 4.78 is 28.6. The lowest BCUT2D eigenvalue weighted by atomic mass is 10.0. The molecule has 0 saturated carbocycles. The van der Waals surface area contributed by atoms with Gasteiger partial charge in [-0.1, -0.05) is 0 Å². The van der Waals surface area contributed by atoms with Crippen LogP contribution in [-0.4, -0.2) is 36.7 Å². The lowest BCUT2D eigenvalue weighted by molar-refractivity contribution is 0.0640. The highest BCUT2D eigenvalue weighted by atomic mass is 19.1. The van der Waals surface area contributed by atoms with Gasteiger partial charge in [0.2, 0.25) is 0 Å². The first-order chi connectivity index (χ1) is 13.3. The maximum absolute atomic E-state index is 13.3. The smallest absolute Gasteiger partial charge is 0.412 e. The molecule has 0 aliphatic rings. The van der Waals surface area contributed by atoms with E-state index < -0.39 is 30.3 Å². The zero-order chi connectivity index (χ0) is 20.4. The number of hydrogen-bond donors (Lipinski definition) is 2. The second-order valence-corrected chi connectivity index (χ2v) is 5.65.